The summed E-state index contributed by atoms with van der Waals surface area (Å²) in [4.78, 5) is 35.6. The summed E-state index contributed by atoms with van der Waals surface area (Å²) in [5.41, 5.74) is 3.45. The van der Waals surface area contributed by atoms with E-state index in [2.05, 4.69) is 9.97 Å². The van der Waals surface area contributed by atoms with Crippen molar-refractivity contribution >= 4 is 34.4 Å². The highest BCUT2D eigenvalue weighted by molar-refractivity contribution is 6.51. The largest absolute Gasteiger partial charge is 0.507 e. The normalized spacial score (nSPS) is 18.7. The fraction of sp³-hybridized carbons (Fsp3) is 0.115. The molecule has 2 aliphatic heterocycles. The van der Waals surface area contributed by atoms with E-state index in [1.807, 2.05) is 55.5 Å². The Labute approximate surface area is 194 Å². The van der Waals surface area contributed by atoms with Crippen LogP contribution in [0, 0.1) is 6.92 Å². The van der Waals surface area contributed by atoms with Gasteiger partial charge in [-0.2, -0.15) is 0 Å². The zero-order chi connectivity index (χ0) is 23.4. The van der Waals surface area contributed by atoms with Crippen molar-refractivity contribution in [2.45, 2.75) is 13.0 Å². The molecule has 8 nitrogen and oxygen atoms in total. The van der Waals surface area contributed by atoms with Crippen LogP contribution in [0.4, 0.5) is 5.95 Å². The lowest BCUT2D eigenvalue weighted by Crippen LogP contribution is -2.30. The van der Waals surface area contributed by atoms with Crippen LogP contribution >= 0.6 is 0 Å². The number of rotatable bonds is 3. The molecule has 0 spiro atoms. The van der Waals surface area contributed by atoms with Crippen molar-refractivity contribution in [1.29, 1.82) is 0 Å². The third-order valence-corrected chi connectivity index (χ3v) is 6.06. The van der Waals surface area contributed by atoms with Crippen LogP contribution in [-0.4, -0.2) is 33.6 Å². The van der Waals surface area contributed by atoms with Crippen LogP contribution in [-0.2, 0) is 9.59 Å². The van der Waals surface area contributed by atoms with E-state index in [4.69, 9.17) is 9.47 Å². The number of aliphatic hydroxyl groups is 1. The zero-order valence-corrected chi connectivity index (χ0v) is 18.1. The third kappa shape index (κ3) is 3.03. The van der Waals surface area contributed by atoms with E-state index in [1.54, 1.807) is 18.2 Å². The van der Waals surface area contributed by atoms with E-state index in [1.165, 1.54) is 4.90 Å². The Balaban J connectivity index is 1.54. The molecule has 1 aromatic heterocycles. The molecule has 2 aliphatic rings. The second kappa shape index (κ2) is 7.48. The first-order valence-electron chi connectivity index (χ1n) is 10.7. The molecule has 0 bridgehead atoms. The van der Waals surface area contributed by atoms with Crippen molar-refractivity contribution in [3.8, 4) is 11.5 Å². The van der Waals surface area contributed by atoms with Crippen molar-refractivity contribution in [2.75, 3.05) is 11.7 Å². The molecule has 0 radical (unpaired) electrons. The van der Waals surface area contributed by atoms with Crippen molar-refractivity contribution in [3.63, 3.8) is 0 Å². The summed E-state index contributed by atoms with van der Waals surface area (Å²) in [6.07, 6.45) is 0. The standard InChI is InChI=1S/C26H19N3O5/c1-14-7-9-17-18(11-14)28-26(27-17)29-22(15-5-3-2-4-6-15)21(24(31)25(29)32)23(30)16-8-10-19-20(12-16)34-13-33-19/h2-12,22,30H,13H2,1H3,(H,27,28)/b23-21+. The molecular formula is C26H19N3O5. The molecule has 0 saturated carbocycles. The van der Waals surface area contributed by atoms with E-state index < -0.39 is 17.7 Å². The number of hydrogen-bond donors (Lipinski definition) is 2. The maximum absolute atomic E-state index is 13.3. The predicted molar refractivity (Wildman–Crippen MR) is 125 cm³/mol. The molecule has 34 heavy (non-hydrogen) atoms. The minimum Gasteiger partial charge on any atom is -0.507 e. The first-order valence-corrected chi connectivity index (χ1v) is 10.7. The Morgan fingerprint density at radius 3 is 2.65 bits per heavy atom. The van der Waals surface area contributed by atoms with Crippen LogP contribution in [0.3, 0.4) is 0 Å². The van der Waals surface area contributed by atoms with Gasteiger partial charge in [-0.25, -0.2) is 4.98 Å². The van der Waals surface area contributed by atoms with E-state index in [-0.39, 0.29) is 24.1 Å². The number of imidazole rings is 1. The summed E-state index contributed by atoms with van der Waals surface area (Å²) >= 11 is 0. The fourth-order valence-corrected chi connectivity index (χ4v) is 4.43. The Morgan fingerprint density at radius 1 is 1.03 bits per heavy atom. The number of carbonyl (C=O) groups is 2. The van der Waals surface area contributed by atoms with Gasteiger partial charge in [-0.1, -0.05) is 36.4 Å². The second-order valence-electron chi connectivity index (χ2n) is 8.23. The second-order valence-corrected chi connectivity index (χ2v) is 8.23. The molecule has 8 heteroatoms. The lowest BCUT2D eigenvalue weighted by molar-refractivity contribution is -0.132. The van der Waals surface area contributed by atoms with Gasteiger partial charge in [0.15, 0.2) is 11.5 Å². The first-order chi connectivity index (χ1) is 16.5. The topological polar surface area (TPSA) is 105 Å². The number of aromatic nitrogens is 2. The molecule has 1 saturated heterocycles. The maximum Gasteiger partial charge on any atom is 0.302 e. The molecule has 4 aromatic rings. The lowest BCUT2D eigenvalue weighted by Gasteiger charge is -2.23. The van der Waals surface area contributed by atoms with Gasteiger partial charge in [0.1, 0.15) is 5.76 Å². The molecule has 6 rings (SSSR count). The van der Waals surface area contributed by atoms with Gasteiger partial charge in [0.2, 0.25) is 12.7 Å². The minimum absolute atomic E-state index is 0.0216. The smallest absolute Gasteiger partial charge is 0.302 e. The molecule has 1 amide bonds. The van der Waals surface area contributed by atoms with Gasteiger partial charge in [-0.05, 0) is 48.4 Å². The molecule has 0 aliphatic carbocycles. The number of H-pyrrole nitrogens is 1. The van der Waals surface area contributed by atoms with E-state index in [0.717, 1.165) is 11.1 Å². The number of nitrogens with one attached hydrogen (secondary N) is 1. The Morgan fingerprint density at radius 2 is 1.82 bits per heavy atom. The van der Waals surface area contributed by atoms with Gasteiger partial charge in [0.25, 0.3) is 5.78 Å². The van der Waals surface area contributed by atoms with Gasteiger partial charge in [-0.15, -0.1) is 0 Å². The number of aryl methyl sites for hydroxylation is 1. The Hall–Kier alpha value is -4.59. The number of aromatic amines is 1. The average molecular weight is 453 g/mol. The van der Waals surface area contributed by atoms with Crippen LogP contribution in [0.5, 0.6) is 11.5 Å². The summed E-state index contributed by atoms with van der Waals surface area (Å²) < 4.78 is 10.7. The van der Waals surface area contributed by atoms with Gasteiger partial charge in [0, 0.05) is 5.56 Å². The molecule has 168 valence electrons. The summed E-state index contributed by atoms with van der Waals surface area (Å²) in [7, 11) is 0. The predicted octanol–water partition coefficient (Wildman–Crippen LogP) is 4.23. The molecule has 2 N–H and O–H groups in total. The minimum atomic E-state index is -0.867. The number of hydrogen-bond acceptors (Lipinski definition) is 6. The van der Waals surface area contributed by atoms with E-state index in [0.29, 0.717) is 28.1 Å². The van der Waals surface area contributed by atoms with Crippen molar-refractivity contribution < 1.29 is 24.2 Å². The lowest BCUT2D eigenvalue weighted by atomic mass is 9.95. The van der Waals surface area contributed by atoms with Gasteiger partial charge in [-0.3, -0.25) is 14.5 Å². The Kier molecular flexibility index (Phi) is 4.41. The van der Waals surface area contributed by atoms with E-state index in [9.17, 15) is 14.7 Å². The molecular weight excluding hydrogens is 434 g/mol. The summed E-state index contributed by atoms with van der Waals surface area (Å²) in [5.74, 6) is -0.606. The highest BCUT2D eigenvalue weighted by Gasteiger charge is 2.48. The number of ether oxygens (including phenoxy) is 2. The SMILES string of the molecule is Cc1ccc2nc(N3C(=O)C(=O)/C(=C(/O)c4ccc5c(c4)OCO5)C3c3ccccc3)[nH]c2c1. The number of fused-ring (bicyclic) bond motifs is 2. The van der Waals surface area contributed by atoms with Gasteiger partial charge >= 0.3 is 5.91 Å². The molecule has 3 heterocycles. The van der Waals surface area contributed by atoms with Crippen LogP contribution in [0.2, 0.25) is 0 Å². The average Bonchev–Trinajstić information content (AvgIpc) is 3.55. The number of ketones is 1. The van der Waals surface area contributed by atoms with Gasteiger partial charge in [0.05, 0.1) is 22.6 Å². The van der Waals surface area contributed by atoms with Crippen LogP contribution in [0.25, 0.3) is 16.8 Å². The van der Waals surface area contributed by atoms with Crippen molar-refractivity contribution in [1.82, 2.24) is 9.97 Å². The van der Waals surface area contributed by atoms with Gasteiger partial charge < -0.3 is 19.6 Å². The Bertz CT molecular complexity index is 1510. The number of nitrogens with zero attached hydrogens (tertiary/aromatic N) is 2. The molecule has 1 unspecified atom stereocenters. The quantitative estimate of drug-likeness (QED) is 0.273. The van der Waals surface area contributed by atoms with Crippen molar-refractivity contribution in [3.05, 3.63) is 89.0 Å². The highest BCUT2D eigenvalue weighted by Crippen LogP contribution is 2.43. The number of aliphatic hydroxyl groups excluding tert-OH is 1. The first kappa shape index (κ1) is 20.0. The number of amides is 1. The van der Waals surface area contributed by atoms with Crippen LogP contribution in [0.1, 0.15) is 22.7 Å². The number of anilines is 1. The summed E-state index contributed by atoms with van der Waals surface area (Å²) in [6, 6.07) is 18.8. The van der Waals surface area contributed by atoms with Crippen molar-refractivity contribution in [2.24, 2.45) is 0 Å². The number of benzene rings is 3. The molecule has 3 aromatic carbocycles. The highest BCUT2D eigenvalue weighted by atomic mass is 16.7. The number of Topliss-reactive ketones (excluding diaryl/α,β-unsaturated/α-hetero) is 1. The number of carbonyl (C=O) groups excluding carboxylic acids is 2. The molecule has 1 fully saturated rings. The fourth-order valence-electron chi connectivity index (χ4n) is 4.43. The molecule has 1 atom stereocenters. The summed E-state index contributed by atoms with van der Waals surface area (Å²) in [6.45, 7) is 2.04. The maximum atomic E-state index is 13.3. The zero-order valence-electron chi connectivity index (χ0n) is 18.1. The van der Waals surface area contributed by atoms with Crippen LogP contribution < -0.4 is 14.4 Å². The third-order valence-electron chi connectivity index (χ3n) is 6.06. The summed E-state index contributed by atoms with van der Waals surface area (Å²) in [5, 5.41) is 11.3. The monoisotopic (exact) mass is 453 g/mol. The van der Waals surface area contributed by atoms with Crippen LogP contribution in [0.15, 0.2) is 72.3 Å². The van der Waals surface area contributed by atoms with E-state index >= 15 is 0 Å².